The lowest BCUT2D eigenvalue weighted by atomic mass is 9.72. The number of hydrogen-bond acceptors (Lipinski definition) is 7. The molecule has 2 aliphatic rings. The third-order valence-corrected chi connectivity index (χ3v) is 7.18. The van der Waals surface area contributed by atoms with Gasteiger partial charge in [0, 0.05) is 37.9 Å². The average Bonchev–Trinajstić information content (AvgIpc) is 2.92. The Bertz CT molecular complexity index is 1200. The topological polar surface area (TPSA) is 136 Å². The van der Waals surface area contributed by atoms with Gasteiger partial charge in [-0.3, -0.25) is 4.79 Å². The fourth-order valence-corrected chi connectivity index (χ4v) is 5.36. The van der Waals surface area contributed by atoms with Crippen molar-refractivity contribution >= 4 is 18.1 Å². The highest BCUT2D eigenvalue weighted by Gasteiger charge is 2.44. The minimum absolute atomic E-state index is 0.0152. The molecule has 0 spiro atoms. The van der Waals surface area contributed by atoms with Crippen LogP contribution in [0.1, 0.15) is 38.3 Å². The highest BCUT2D eigenvalue weighted by molar-refractivity contribution is 5.80. The molecule has 11 heteroatoms. The van der Waals surface area contributed by atoms with Crippen molar-refractivity contribution in [3.63, 3.8) is 0 Å². The van der Waals surface area contributed by atoms with Crippen LogP contribution < -0.4 is 15.4 Å². The summed E-state index contributed by atoms with van der Waals surface area (Å²) in [6, 6.07) is 14.7. The van der Waals surface area contributed by atoms with Gasteiger partial charge in [0.15, 0.2) is 0 Å². The van der Waals surface area contributed by atoms with Gasteiger partial charge in [-0.1, -0.05) is 36.4 Å². The Morgan fingerprint density at radius 2 is 1.66 bits per heavy atom. The van der Waals surface area contributed by atoms with Crippen LogP contribution in [0.4, 0.5) is 9.59 Å². The van der Waals surface area contributed by atoms with Gasteiger partial charge in [-0.25, -0.2) is 9.59 Å². The molecule has 0 unspecified atom stereocenters. The standard InChI is InChI=1S/C30H39N3O8/c1-29(2,3)41-27(35)32-21-15-20(16-33(17-21)28(36)37)26(34)31-18-30(19-39-14-13-38-4)22-9-5-7-11-24(22)40-25-12-8-6-10-23(25)30/h5-12,20-21H,13-19H2,1-4H3,(H,31,34)(H,32,35)(H,36,37)/t20-,21+/m0/s1. The average molecular weight is 570 g/mol. The predicted octanol–water partition coefficient (Wildman–Crippen LogP) is 3.75. The molecule has 2 heterocycles. The van der Waals surface area contributed by atoms with E-state index in [1.165, 1.54) is 0 Å². The lowest BCUT2D eigenvalue weighted by Gasteiger charge is -2.41. The number of fused-ring (bicyclic) bond motifs is 2. The largest absolute Gasteiger partial charge is 0.465 e. The molecule has 0 bridgehead atoms. The molecule has 2 atom stereocenters. The Morgan fingerprint density at radius 3 is 2.24 bits per heavy atom. The van der Waals surface area contributed by atoms with Crippen molar-refractivity contribution in [2.45, 2.75) is 44.2 Å². The smallest absolute Gasteiger partial charge is 0.407 e. The van der Waals surface area contributed by atoms with Crippen molar-refractivity contribution in [3.05, 3.63) is 59.7 Å². The van der Waals surface area contributed by atoms with Gasteiger partial charge in [-0.15, -0.1) is 0 Å². The quantitative estimate of drug-likeness (QED) is 0.389. The molecule has 0 aromatic heterocycles. The number of carboxylic acid groups (broad SMARTS) is 1. The Morgan fingerprint density at radius 1 is 1.02 bits per heavy atom. The molecule has 3 amide bonds. The first kappa shape index (κ1) is 30.1. The minimum Gasteiger partial charge on any atom is -0.465 e. The Hall–Kier alpha value is -3.83. The van der Waals surface area contributed by atoms with Crippen molar-refractivity contribution in [1.29, 1.82) is 0 Å². The molecule has 0 aliphatic carbocycles. The van der Waals surface area contributed by atoms with E-state index in [2.05, 4.69) is 10.6 Å². The summed E-state index contributed by atoms with van der Waals surface area (Å²) in [5.74, 6) is 0.348. The maximum Gasteiger partial charge on any atom is 0.407 e. The van der Waals surface area contributed by atoms with E-state index in [-0.39, 0.29) is 38.6 Å². The zero-order chi connectivity index (χ0) is 29.6. The van der Waals surface area contributed by atoms with Crippen LogP contribution >= 0.6 is 0 Å². The van der Waals surface area contributed by atoms with Crippen molar-refractivity contribution < 1.29 is 38.4 Å². The molecule has 222 valence electrons. The first-order valence-electron chi connectivity index (χ1n) is 13.7. The van der Waals surface area contributed by atoms with Crippen LogP contribution in [0, 0.1) is 5.92 Å². The van der Waals surface area contributed by atoms with Gasteiger partial charge in [0.1, 0.15) is 17.1 Å². The zero-order valence-corrected chi connectivity index (χ0v) is 24.0. The maximum atomic E-state index is 13.6. The van der Waals surface area contributed by atoms with E-state index >= 15 is 0 Å². The summed E-state index contributed by atoms with van der Waals surface area (Å²) in [7, 11) is 1.61. The summed E-state index contributed by atoms with van der Waals surface area (Å²) in [6.07, 6.45) is -1.55. The number of methoxy groups -OCH3 is 1. The van der Waals surface area contributed by atoms with E-state index in [1.807, 2.05) is 48.5 Å². The fraction of sp³-hybridized carbons (Fsp3) is 0.500. The van der Waals surface area contributed by atoms with Crippen LogP contribution in [0.2, 0.25) is 0 Å². The monoisotopic (exact) mass is 569 g/mol. The van der Waals surface area contributed by atoms with Crippen LogP contribution in [0.15, 0.2) is 48.5 Å². The zero-order valence-electron chi connectivity index (χ0n) is 24.0. The third kappa shape index (κ3) is 7.28. The third-order valence-electron chi connectivity index (χ3n) is 7.18. The fourth-order valence-electron chi connectivity index (χ4n) is 5.36. The minimum atomic E-state index is -1.16. The predicted molar refractivity (Wildman–Crippen MR) is 150 cm³/mol. The van der Waals surface area contributed by atoms with Crippen LogP contribution in [-0.4, -0.2) is 86.3 Å². The van der Waals surface area contributed by atoms with Gasteiger partial charge in [-0.05, 0) is 39.3 Å². The molecule has 0 saturated carbocycles. The lowest BCUT2D eigenvalue weighted by molar-refractivity contribution is -0.127. The molecule has 1 fully saturated rings. The number of likely N-dealkylation sites (tertiary alicyclic amines) is 1. The van der Waals surface area contributed by atoms with Crippen molar-refractivity contribution in [2.75, 3.05) is 46.6 Å². The van der Waals surface area contributed by atoms with Gasteiger partial charge in [0.05, 0.1) is 37.2 Å². The number of nitrogens with zero attached hydrogens (tertiary/aromatic N) is 1. The summed E-state index contributed by atoms with van der Waals surface area (Å²) >= 11 is 0. The first-order valence-corrected chi connectivity index (χ1v) is 13.7. The molecule has 3 N–H and O–H groups in total. The summed E-state index contributed by atoms with van der Waals surface area (Å²) in [6.45, 7) is 6.53. The number of benzene rings is 2. The molecular formula is C30H39N3O8. The summed E-state index contributed by atoms with van der Waals surface area (Å²) in [4.78, 5) is 39.1. The van der Waals surface area contributed by atoms with E-state index in [9.17, 15) is 19.5 Å². The summed E-state index contributed by atoms with van der Waals surface area (Å²) < 4.78 is 22.8. The molecular weight excluding hydrogens is 530 g/mol. The second-order valence-corrected chi connectivity index (χ2v) is 11.4. The number of amides is 3. The second kappa shape index (κ2) is 12.8. The Kier molecular flexibility index (Phi) is 9.39. The van der Waals surface area contributed by atoms with Crippen LogP contribution in [0.3, 0.4) is 0 Å². The number of carbonyl (C=O) groups is 3. The number of para-hydroxylation sites is 2. The molecule has 2 aromatic carbocycles. The van der Waals surface area contributed by atoms with Crippen LogP contribution in [0.25, 0.3) is 0 Å². The van der Waals surface area contributed by atoms with Gasteiger partial charge in [0.25, 0.3) is 0 Å². The molecule has 2 aromatic rings. The normalized spacial score (nSPS) is 19.3. The maximum absolute atomic E-state index is 13.6. The number of rotatable bonds is 9. The number of alkyl carbamates (subject to hydrolysis) is 1. The van der Waals surface area contributed by atoms with E-state index < -0.39 is 35.2 Å². The molecule has 0 radical (unpaired) electrons. The molecule has 11 nitrogen and oxygen atoms in total. The van der Waals surface area contributed by atoms with Crippen molar-refractivity contribution in [2.24, 2.45) is 5.92 Å². The number of piperidine rings is 1. The highest BCUT2D eigenvalue weighted by atomic mass is 16.6. The van der Waals surface area contributed by atoms with E-state index in [0.717, 1.165) is 16.0 Å². The van der Waals surface area contributed by atoms with Crippen molar-refractivity contribution in [1.82, 2.24) is 15.5 Å². The number of hydrogen-bond donors (Lipinski definition) is 3. The highest BCUT2D eigenvalue weighted by Crippen LogP contribution is 2.48. The Balaban J connectivity index is 1.57. The van der Waals surface area contributed by atoms with E-state index in [1.54, 1.807) is 27.9 Å². The van der Waals surface area contributed by atoms with Gasteiger partial charge in [0.2, 0.25) is 5.91 Å². The molecule has 41 heavy (non-hydrogen) atoms. The van der Waals surface area contributed by atoms with Crippen LogP contribution in [0.5, 0.6) is 11.5 Å². The lowest BCUT2D eigenvalue weighted by Crippen LogP contribution is -2.56. The molecule has 2 aliphatic heterocycles. The summed E-state index contributed by atoms with van der Waals surface area (Å²) in [5, 5.41) is 15.5. The number of carbonyl (C=O) groups excluding carboxylic acids is 2. The second-order valence-electron chi connectivity index (χ2n) is 11.4. The molecule has 4 rings (SSSR count). The van der Waals surface area contributed by atoms with Gasteiger partial charge < -0.3 is 39.6 Å². The molecule has 1 saturated heterocycles. The summed E-state index contributed by atoms with van der Waals surface area (Å²) in [5.41, 5.74) is 0.260. The number of ether oxygens (including phenoxy) is 4. The van der Waals surface area contributed by atoms with Crippen LogP contribution in [-0.2, 0) is 24.4 Å². The van der Waals surface area contributed by atoms with E-state index in [4.69, 9.17) is 18.9 Å². The number of nitrogens with one attached hydrogen (secondary N) is 2. The Labute approximate surface area is 240 Å². The van der Waals surface area contributed by atoms with Gasteiger partial charge >= 0.3 is 12.2 Å². The first-order chi connectivity index (χ1) is 19.5. The SMILES string of the molecule is COCCOCC1(CNC(=O)[C@H]2C[C@@H](NC(=O)OC(C)(C)C)CN(C(=O)O)C2)c2ccccc2Oc2ccccc21. The van der Waals surface area contributed by atoms with Gasteiger partial charge in [-0.2, -0.15) is 0 Å². The van der Waals surface area contributed by atoms with Crippen molar-refractivity contribution in [3.8, 4) is 11.5 Å². The van der Waals surface area contributed by atoms with E-state index in [0.29, 0.717) is 24.7 Å².